The fraction of sp³-hybridized carbons (Fsp3) is 0.429. The molecule has 146 valence electrons. The van der Waals surface area contributed by atoms with E-state index in [1.54, 1.807) is 6.08 Å². The molecular formula is C21H27NO5. The number of ether oxygens (including phenoxy) is 3. The summed E-state index contributed by atoms with van der Waals surface area (Å²) in [6.45, 7) is 6.22. The second-order valence-corrected chi connectivity index (χ2v) is 6.73. The van der Waals surface area contributed by atoms with E-state index in [2.05, 4.69) is 5.32 Å². The maximum Gasteiger partial charge on any atom is 0.328 e. The molecule has 1 amide bonds. The summed E-state index contributed by atoms with van der Waals surface area (Å²) in [5.74, 6) is 0.957. The van der Waals surface area contributed by atoms with Crippen LogP contribution in [0.3, 0.4) is 0 Å². The van der Waals surface area contributed by atoms with Gasteiger partial charge in [0.2, 0.25) is 12.7 Å². The fourth-order valence-electron chi connectivity index (χ4n) is 2.72. The van der Waals surface area contributed by atoms with Gasteiger partial charge in [-0.05, 0) is 42.0 Å². The molecule has 1 aromatic rings. The van der Waals surface area contributed by atoms with E-state index in [4.69, 9.17) is 14.2 Å². The van der Waals surface area contributed by atoms with E-state index < -0.39 is 12.0 Å². The van der Waals surface area contributed by atoms with Gasteiger partial charge in [0.25, 0.3) is 0 Å². The maximum absolute atomic E-state index is 12.2. The standard InChI is InChI=1S/C21H27NO5/c1-5-15(11-16-6-8-18-19(12-16)27-13-26-18)7-9-20(23)22-17(10-14(2)3)21(24)25-4/h6-9,11-12,14,17H,5,10,13H2,1-4H3,(H,22,23)/b9-7+,15-11+/t17-/m0/s1. The van der Waals surface area contributed by atoms with Gasteiger partial charge in [-0.3, -0.25) is 4.79 Å². The first kappa shape index (κ1) is 20.6. The van der Waals surface area contributed by atoms with Crippen molar-refractivity contribution in [1.29, 1.82) is 0 Å². The Morgan fingerprint density at radius 3 is 2.63 bits per heavy atom. The van der Waals surface area contributed by atoms with E-state index in [1.165, 1.54) is 13.2 Å². The molecule has 1 heterocycles. The number of allylic oxidation sites excluding steroid dienone is 2. The molecule has 0 unspecified atom stereocenters. The normalized spacial score (nSPS) is 14.5. The number of hydrogen-bond acceptors (Lipinski definition) is 5. The van der Waals surface area contributed by atoms with Crippen molar-refractivity contribution in [3.8, 4) is 11.5 Å². The zero-order valence-corrected chi connectivity index (χ0v) is 16.3. The largest absolute Gasteiger partial charge is 0.467 e. The number of fused-ring (bicyclic) bond motifs is 1. The number of carbonyl (C=O) groups excluding carboxylic acids is 2. The van der Waals surface area contributed by atoms with Gasteiger partial charge in [-0.2, -0.15) is 0 Å². The van der Waals surface area contributed by atoms with E-state index in [9.17, 15) is 9.59 Å². The summed E-state index contributed by atoms with van der Waals surface area (Å²) >= 11 is 0. The molecule has 0 saturated heterocycles. The highest BCUT2D eigenvalue weighted by Crippen LogP contribution is 2.33. The first-order chi connectivity index (χ1) is 12.9. The molecule has 1 atom stereocenters. The lowest BCUT2D eigenvalue weighted by molar-refractivity contribution is -0.145. The van der Waals surface area contributed by atoms with Crippen LogP contribution in [0.25, 0.3) is 6.08 Å². The van der Waals surface area contributed by atoms with Crippen LogP contribution in [0.4, 0.5) is 0 Å². The Kier molecular flexibility index (Phi) is 7.46. The van der Waals surface area contributed by atoms with E-state index in [1.807, 2.05) is 45.0 Å². The van der Waals surface area contributed by atoms with Crippen molar-refractivity contribution in [1.82, 2.24) is 5.32 Å². The lowest BCUT2D eigenvalue weighted by Crippen LogP contribution is -2.41. The molecule has 0 radical (unpaired) electrons. The summed E-state index contributed by atoms with van der Waals surface area (Å²) in [4.78, 5) is 24.0. The van der Waals surface area contributed by atoms with Crippen molar-refractivity contribution in [2.45, 2.75) is 39.7 Å². The zero-order valence-electron chi connectivity index (χ0n) is 16.3. The number of hydrogen-bond donors (Lipinski definition) is 1. The van der Waals surface area contributed by atoms with Gasteiger partial charge in [0.1, 0.15) is 6.04 Å². The van der Waals surface area contributed by atoms with Crippen molar-refractivity contribution < 1.29 is 23.8 Å². The predicted octanol–water partition coefficient (Wildman–Crippen LogP) is 3.47. The minimum atomic E-state index is -0.643. The number of rotatable bonds is 8. The average Bonchev–Trinajstić information content (AvgIpc) is 3.11. The number of carbonyl (C=O) groups is 2. The van der Waals surface area contributed by atoms with Crippen molar-refractivity contribution in [3.63, 3.8) is 0 Å². The summed E-state index contributed by atoms with van der Waals surface area (Å²) in [7, 11) is 1.32. The third-order valence-electron chi connectivity index (χ3n) is 4.12. The zero-order chi connectivity index (χ0) is 19.8. The summed E-state index contributed by atoms with van der Waals surface area (Å²) in [5, 5.41) is 2.71. The number of methoxy groups -OCH3 is 1. The van der Waals surface area contributed by atoms with Crippen molar-refractivity contribution in [2.75, 3.05) is 13.9 Å². The second kappa shape index (κ2) is 9.80. The lowest BCUT2D eigenvalue weighted by atomic mass is 10.0. The minimum Gasteiger partial charge on any atom is -0.467 e. The van der Waals surface area contributed by atoms with Gasteiger partial charge < -0.3 is 19.5 Å². The molecule has 6 nitrogen and oxygen atoms in total. The van der Waals surface area contributed by atoms with Crippen LogP contribution >= 0.6 is 0 Å². The highest BCUT2D eigenvalue weighted by atomic mass is 16.7. The lowest BCUT2D eigenvalue weighted by Gasteiger charge is -2.17. The topological polar surface area (TPSA) is 73.9 Å². The highest BCUT2D eigenvalue weighted by Gasteiger charge is 2.21. The van der Waals surface area contributed by atoms with E-state index in [0.29, 0.717) is 6.42 Å². The summed E-state index contributed by atoms with van der Waals surface area (Å²) in [6, 6.07) is 5.06. The van der Waals surface area contributed by atoms with E-state index in [0.717, 1.165) is 29.1 Å². The molecule has 0 spiro atoms. The van der Waals surface area contributed by atoms with E-state index in [-0.39, 0.29) is 18.6 Å². The van der Waals surface area contributed by atoms with Crippen molar-refractivity contribution >= 4 is 18.0 Å². The highest BCUT2D eigenvalue weighted by molar-refractivity contribution is 5.92. The van der Waals surface area contributed by atoms with Crippen LogP contribution in [0.5, 0.6) is 11.5 Å². The SMILES string of the molecule is CCC(/C=C/C(=O)N[C@@H](CC(C)C)C(=O)OC)=C\c1ccc2c(c1)OCO2. The molecule has 1 aliphatic rings. The van der Waals surface area contributed by atoms with Gasteiger partial charge in [-0.1, -0.05) is 39.0 Å². The molecule has 1 aliphatic heterocycles. The Labute approximate surface area is 160 Å². The van der Waals surface area contributed by atoms with Crippen LogP contribution in [0, 0.1) is 5.92 Å². The van der Waals surface area contributed by atoms with Gasteiger partial charge >= 0.3 is 5.97 Å². The molecule has 2 rings (SSSR count). The van der Waals surface area contributed by atoms with Gasteiger partial charge in [0, 0.05) is 6.08 Å². The average molecular weight is 373 g/mol. The summed E-state index contributed by atoms with van der Waals surface area (Å²) in [5.41, 5.74) is 1.94. The number of benzene rings is 1. The molecule has 0 bridgehead atoms. The molecule has 6 heteroatoms. The van der Waals surface area contributed by atoms with Crippen LogP contribution in [-0.4, -0.2) is 31.8 Å². The van der Waals surface area contributed by atoms with Gasteiger partial charge in [-0.25, -0.2) is 4.79 Å². The van der Waals surface area contributed by atoms with Crippen LogP contribution in [-0.2, 0) is 14.3 Å². The Morgan fingerprint density at radius 2 is 1.96 bits per heavy atom. The number of nitrogens with one attached hydrogen (secondary N) is 1. The first-order valence-corrected chi connectivity index (χ1v) is 9.09. The van der Waals surface area contributed by atoms with E-state index >= 15 is 0 Å². The summed E-state index contributed by atoms with van der Waals surface area (Å²) in [6.07, 6.45) is 6.46. The molecule has 1 aromatic carbocycles. The van der Waals surface area contributed by atoms with Crippen LogP contribution in [0.2, 0.25) is 0 Å². The predicted molar refractivity (Wildman–Crippen MR) is 103 cm³/mol. The summed E-state index contributed by atoms with van der Waals surface area (Å²) < 4.78 is 15.5. The Morgan fingerprint density at radius 1 is 1.22 bits per heavy atom. The molecule has 1 N–H and O–H groups in total. The molecule has 0 aromatic heterocycles. The second-order valence-electron chi connectivity index (χ2n) is 6.73. The molecule has 0 aliphatic carbocycles. The Hall–Kier alpha value is -2.76. The van der Waals surface area contributed by atoms with Crippen LogP contribution < -0.4 is 14.8 Å². The van der Waals surface area contributed by atoms with Crippen molar-refractivity contribution in [3.05, 3.63) is 41.5 Å². The molecular weight excluding hydrogens is 346 g/mol. The first-order valence-electron chi connectivity index (χ1n) is 9.09. The van der Waals surface area contributed by atoms with Gasteiger partial charge in [-0.15, -0.1) is 0 Å². The molecule has 0 saturated carbocycles. The van der Waals surface area contributed by atoms with Gasteiger partial charge in [0.05, 0.1) is 7.11 Å². The third-order valence-corrected chi connectivity index (χ3v) is 4.12. The Bertz CT molecular complexity index is 736. The van der Waals surface area contributed by atoms with Crippen LogP contribution in [0.1, 0.15) is 39.2 Å². The third kappa shape index (κ3) is 6.16. The minimum absolute atomic E-state index is 0.237. The number of esters is 1. The molecule has 27 heavy (non-hydrogen) atoms. The fourth-order valence-corrected chi connectivity index (χ4v) is 2.72. The maximum atomic E-state index is 12.2. The quantitative estimate of drug-likeness (QED) is 0.429. The smallest absolute Gasteiger partial charge is 0.328 e. The number of amides is 1. The molecule has 0 fully saturated rings. The Balaban J connectivity index is 2.04. The monoisotopic (exact) mass is 373 g/mol. The van der Waals surface area contributed by atoms with Crippen molar-refractivity contribution in [2.24, 2.45) is 5.92 Å². The van der Waals surface area contributed by atoms with Gasteiger partial charge in [0.15, 0.2) is 11.5 Å². The van der Waals surface area contributed by atoms with Crippen LogP contribution in [0.15, 0.2) is 35.9 Å².